The molecule has 0 fully saturated rings. The monoisotopic (exact) mass is 366 g/mol. The van der Waals surface area contributed by atoms with Gasteiger partial charge in [0.05, 0.1) is 11.8 Å². The van der Waals surface area contributed by atoms with Crippen LogP contribution >= 0.6 is 0 Å². The molecule has 1 heterocycles. The standard InChI is InChI=1S/C18H20F2N2O4/c1-10(2)7-14(18(24)25)22-16(23)5-6-17-21-9-15(26-17)12-4-3-11(19)8-13(12)20/h3-4,8-10,14H,5-7H2,1-2H3,(H,22,23)(H,24,25). The molecule has 1 amide bonds. The fourth-order valence-corrected chi connectivity index (χ4v) is 2.42. The summed E-state index contributed by atoms with van der Waals surface area (Å²) in [5.41, 5.74) is 0.0671. The molecule has 0 saturated carbocycles. The van der Waals surface area contributed by atoms with Crippen molar-refractivity contribution in [3.63, 3.8) is 0 Å². The number of amides is 1. The van der Waals surface area contributed by atoms with Crippen LogP contribution in [0.2, 0.25) is 0 Å². The average molecular weight is 366 g/mol. The molecule has 140 valence electrons. The van der Waals surface area contributed by atoms with Crippen LogP contribution in [0.25, 0.3) is 11.3 Å². The maximum Gasteiger partial charge on any atom is 0.326 e. The predicted octanol–water partition coefficient (Wildman–Crippen LogP) is 3.17. The molecule has 1 aromatic carbocycles. The SMILES string of the molecule is CC(C)CC(NC(=O)CCc1ncc(-c2ccc(F)cc2F)o1)C(=O)O. The molecule has 0 bridgehead atoms. The van der Waals surface area contributed by atoms with E-state index in [4.69, 9.17) is 9.52 Å². The van der Waals surface area contributed by atoms with Crippen LogP contribution in [-0.2, 0) is 16.0 Å². The number of halogens is 2. The number of nitrogens with zero attached hydrogens (tertiary/aromatic N) is 1. The number of carbonyl (C=O) groups is 2. The van der Waals surface area contributed by atoms with E-state index >= 15 is 0 Å². The Kier molecular flexibility index (Phi) is 6.43. The highest BCUT2D eigenvalue weighted by molar-refractivity contribution is 5.83. The predicted molar refractivity (Wildman–Crippen MR) is 89.2 cm³/mol. The summed E-state index contributed by atoms with van der Waals surface area (Å²) in [7, 11) is 0. The van der Waals surface area contributed by atoms with Gasteiger partial charge in [-0.3, -0.25) is 4.79 Å². The summed E-state index contributed by atoms with van der Waals surface area (Å²) < 4.78 is 32.1. The van der Waals surface area contributed by atoms with E-state index in [-0.39, 0.29) is 36.0 Å². The lowest BCUT2D eigenvalue weighted by Crippen LogP contribution is -2.41. The summed E-state index contributed by atoms with van der Waals surface area (Å²) in [6.07, 6.45) is 1.73. The normalized spacial score (nSPS) is 12.2. The molecule has 2 aromatic rings. The van der Waals surface area contributed by atoms with Gasteiger partial charge in [-0.1, -0.05) is 13.8 Å². The molecule has 1 aromatic heterocycles. The number of aromatic nitrogens is 1. The smallest absolute Gasteiger partial charge is 0.326 e. The van der Waals surface area contributed by atoms with Crippen LogP contribution in [-0.4, -0.2) is 28.0 Å². The number of benzene rings is 1. The Labute approximate surface area is 149 Å². The number of aryl methyl sites for hydroxylation is 1. The largest absolute Gasteiger partial charge is 0.480 e. The average Bonchev–Trinajstić information content (AvgIpc) is 3.00. The minimum absolute atomic E-state index is 0.0201. The second kappa shape index (κ2) is 8.55. The van der Waals surface area contributed by atoms with E-state index in [1.165, 1.54) is 12.3 Å². The summed E-state index contributed by atoms with van der Waals surface area (Å²) in [5, 5.41) is 11.6. The Morgan fingerprint density at radius 1 is 1.31 bits per heavy atom. The zero-order valence-electron chi connectivity index (χ0n) is 14.5. The van der Waals surface area contributed by atoms with Crippen molar-refractivity contribution in [1.82, 2.24) is 10.3 Å². The van der Waals surface area contributed by atoms with Crippen LogP contribution < -0.4 is 5.32 Å². The van der Waals surface area contributed by atoms with Gasteiger partial charge in [-0.25, -0.2) is 18.6 Å². The zero-order chi connectivity index (χ0) is 19.3. The number of hydrogen-bond acceptors (Lipinski definition) is 4. The van der Waals surface area contributed by atoms with E-state index in [9.17, 15) is 18.4 Å². The van der Waals surface area contributed by atoms with Crippen LogP contribution in [0, 0.1) is 17.6 Å². The zero-order valence-corrected chi connectivity index (χ0v) is 14.5. The van der Waals surface area contributed by atoms with Crippen molar-refractivity contribution < 1.29 is 27.9 Å². The van der Waals surface area contributed by atoms with Crippen LogP contribution in [0.5, 0.6) is 0 Å². The van der Waals surface area contributed by atoms with Crippen molar-refractivity contribution in [3.8, 4) is 11.3 Å². The van der Waals surface area contributed by atoms with Gasteiger partial charge in [-0.05, 0) is 24.5 Å². The van der Waals surface area contributed by atoms with Crippen molar-refractivity contribution in [1.29, 1.82) is 0 Å². The lowest BCUT2D eigenvalue weighted by Gasteiger charge is -2.16. The molecule has 0 aliphatic heterocycles. The first kappa shape index (κ1) is 19.6. The maximum absolute atomic E-state index is 13.7. The van der Waals surface area contributed by atoms with E-state index in [1.54, 1.807) is 0 Å². The van der Waals surface area contributed by atoms with Gasteiger partial charge in [0, 0.05) is 18.9 Å². The molecule has 2 N–H and O–H groups in total. The van der Waals surface area contributed by atoms with E-state index in [0.29, 0.717) is 6.42 Å². The highest BCUT2D eigenvalue weighted by Gasteiger charge is 2.21. The van der Waals surface area contributed by atoms with Gasteiger partial charge in [0.25, 0.3) is 0 Å². The molecule has 2 rings (SSSR count). The molecule has 0 saturated heterocycles. The lowest BCUT2D eigenvalue weighted by atomic mass is 10.0. The third-order valence-corrected chi connectivity index (χ3v) is 3.66. The van der Waals surface area contributed by atoms with Gasteiger partial charge < -0.3 is 14.8 Å². The molecule has 0 aliphatic carbocycles. The van der Waals surface area contributed by atoms with Gasteiger partial charge in [0.15, 0.2) is 11.7 Å². The minimum Gasteiger partial charge on any atom is -0.480 e. The first-order valence-corrected chi connectivity index (χ1v) is 8.18. The molecule has 0 spiro atoms. The van der Waals surface area contributed by atoms with E-state index in [2.05, 4.69) is 10.3 Å². The summed E-state index contributed by atoms with van der Waals surface area (Å²) >= 11 is 0. The third kappa shape index (κ3) is 5.37. The summed E-state index contributed by atoms with van der Waals surface area (Å²) in [6, 6.07) is 2.14. The Morgan fingerprint density at radius 3 is 2.65 bits per heavy atom. The van der Waals surface area contributed by atoms with Gasteiger partial charge in [0.2, 0.25) is 5.91 Å². The van der Waals surface area contributed by atoms with Gasteiger partial charge in [0.1, 0.15) is 17.7 Å². The molecule has 0 aliphatic rings. The molecular weight excluding hydrogens is 346 g/mol. The maximum atomic E-state index is 13.7. The Morgan fingerprint density at radius 2 is 2.04 bits per heavy atom. The number of carboxylic acid groups (broad SMARTS) is 1. The van der Waals surface area contributed by atoms with E-state index in [0.717, 1.165) is 12.1 Å². The van der Waals surface area contributed by atoms with E-state index in [1.807, 2.05) is 13.8 Å². The molecule has 0 radical (unpaired) electrons. The Bertz CT molecular complexity index is 789. The second-order valence-electron chi connectivity index (χ2n) is 6.33. The van der Waals surface area contributed by atoms with Crippen molar-refractivity contribution in [2.75, 3.05) is 0 Å². The number of rotatable bonds is 8. The highest BCUT2D eigenvalue weighted by Crippen LogP contribution is 2.24. The van der Waals surface area contributed by atoms with Crippen molar-refractivity contribution >= 4 is 11.9 Å². The third-order valence-electron chi connectivity index (χ3n) is 3.66. The number of carboxylic acids is 1. The number of aliphatic carboxylic acids is 1. The molecule has 8 heteroatoms. The topological polar surface area (TPSA) is 92.4 Å². The Balaban J connectivity index is 1.95. The fourth-order valence-electron chi connectivity index (χ4n) is 2.42. The molecule has 1 unspecified atom stereocenters. The molecule has 6 nitrogen and oxygen atoms in total. The number of oxazole rings is 1. The molecule has 26 heavy (non-hydrogen) atoms. The van der Waals surface area contributed by atoms with Gasteiger partial charge in [-0.15, -0.1) is 0 Å². The minimum atomic E-state index is -1.09. The summed E-state index contributed by atoms with van der Waals surface area (Å²) in [5.74, 6) is -2.55. The van der Waals surface area contributed by atoms with Gasteiger partial charge in [-0.2, -0.15) is 0 Å². The summed E-state index contributed by atoms with van der Waals surface area (Å²) in [4.78, 5) is 27.1. The van der Waals surface area contributed by atoms with E-state index < -0.39 is 29.6 Å². The van der Waals surface area contributed by atoms with Crippen LogP contribution in [0.3, 0.4) is 0 Å². The fraction of sp³-hybridized carbons (Fsp3) is 0.389. The first-order chi connectivity index (χ1) is 12.3. The number of nitrogens with one attached hydrogen (secondary N) is 1. The van der Waals surface area contributed by atoms with Crippen molar-refractivity contribution in [2.45, 2.75) is 39.2 Å². The first-order valence-electron chi connectivity index (χ1n) is 8.18. The number of hydrogen-bond donors (Lipinski definition) is 2. The highest BCUT2D eigenvalue weighted by atomic mass is 19.1. The number of carbonyl (C=O) groups excluding carboxylic acids is 1. The second-order valence-corrected chi connectivity index (χ2v) is 6.33. The molecule has 1 atom stereocenters. The molecular formula is C18H20F2N2O4. The quantitative estimate of drug-likeness (QED) is 0.749. The Hall–Kier alpha value is -2.77. The van der Waals surface area contributed by atoms with Gasteiger partial charge >= 0.3 is 5.97 Å². The van der Waals surface area contributed by atoms with Crippen molar-refractivity contribution in [2.24, 2.45) is 5.92 Å². The lowest BCUT2D eigenvalue weighted by molar-refractivity contribution is -0.142. The van der Waals surface area contributed by atoms with Crippen LogP contribution in [0.4, 0.5) is 8.78 Å². The summed E-state index contributed by atoms with van der Waals surface area (Å²) in [6.45, 7) is 3.73. The van der Waals surface area contributed by atoms with Crippen LogP contribution in [0.1, 0.15) is 32.6 Å². The van der Waals surface area contributed by atoms with Crippen molar-refractivity contribution in [3.05, 3.63) is 41.9 Å². The van der Waals surface area contributed by atoms with Crippen LogP contribution in [0.15, 0.2) is 28.8 Å².